The van der Waals surface area contributed by atoms with E-state index in [0.29, 0.717) is 29.2 Å². The van der Waals surface area contributed by atoms with Gasteiger partial charge in [0, 0.05) is 18.8 Å². The molecule has 3 aromatic carbocycles. The van der Waals surface area contributed by atoms with Crippen LogP contribution in [0.15, 0.2) is 82.6 Å². The fourth-order valence-corrected chi connectivity index (χ4v) is 8.28. The molecule has 0 amide bonds. The third-order valence-electron chi connectivity index (χ3n) is 5.28. The van der Waals surface area contributed by atoms with E-state index in [1.165, 1.54) is 0 Å². The van der Waals surface area contributed by atoms with E-state index in [0.717, 1.165) is 11.1 Å². The monoisotopic (exact) mass is 444 g/mol. The minimum Gasteiger partial charge on any atom is -0.399 e. The van der Waals surface area contributed by atoms with Gasteiger partial charge >= 0.3 is 0 Å². The number of anilines is 1. The quantitative estimate of drug-likeness (QED) is 0.424. The zero-order valence-electron chi connectivity index (χ0n) is 16.2. The van der Waals surface area contributed by atoms with Crippen LogP contribution in [0, 0.1) is 0 Å². The number of hydrogen-bond acceptors (Lipinski definition) is 6. The Labute approximate surface area is 178 Å². The number of benzene rings is 3. The van der Waals surface area contributed by atoms with Crippen LogP contribution in [-0.4, -0.2) is 23.3 Å². The van der Waals surface area contributed by atoms with Crippen molar-refractivity contribution in [3.8, 4) is 0 Å². The van der Waals surface area contributed by atoms with E-state index in [1.807, 2.05) is 30.3 Å². The Bertz CT molecular complexity index is 1150. The molecule has 3 aromatic rings. The van der Waals surface area contributed by atoms with Crippen molar-refractivity contribution in [3.63, 3.8) is 0 Å². The molecule has 1 atom stereocenters. The lowest BCUT2D eigenvalue weighted by Crippen LogP contribution is -2.19. The Kier molecular flexibility index (Phi) is 5.61. The summed E-state index contributed by atoms with van der Waals surface area (Å²) in [5.41, 5.74) is 8.72. The van der Waals surface area contributed by atoms with Crippen LogP contribution in [-0.2, 0) is 22.9 Å². The highest BCUT2D eigenvalue weighted by molar-refractivity contribution is 8.25. The van der Waals surface area contributed by atoms with Gasteiger partial charge in [-0.15, -0.1) is 0 Å². The lowest BCUT2D eigenvalue weighted by molar-refractivity contribution is 0.491. The number of fused-ring (bicyclic) bond motifs is 1. The van der Waals surface area contributed by atoms with Gasteiger partial charge in [0.05, 0.1) is 15.5 Å². The van der Waals surface area contributed by atoms with Crippen molar-refractivity contribution in [3.05, 3.63) is 89.5 Å². The van der Waals surface area contributed by atoms with Crippen molar-refractivity contribution in [1.29, 1.82) is 0 Å². The highest BCUT2D eigenvalue weighted by Gasteiger charge is 2.44. The van der Waals surface area contributed by atoms with E-state index in [9.17, 15) is 17.5 Å². The summed E-state index contributed by atoms with van der Waals surface area (Å²) in [5.74, 6) is -0.214. The molecule has 0 fully saturated rings. The zero-order chi connectivity index (χ0) is 21.4. The molecule has 0 radical (unpaired) electrons. The summed E-state index contributed by atoms with van der Waals surface area (Å²) in [7, 11) is -6.94. The maximum atomic E-state index is 13.3. The SMILES string of the molecule is Nc1ccc(CNCc2cccc3c2C(S(=O)(=O)c2ccccc2)CS3(O)O)cc1. The molecule has 0 spiro atoms. The van der Waals surface area contributed by atoms with Crippen LogP contribution < -0.4 is 11.1 Å². The predicted octanol–water partition coefficient (Wildman–Crippen LogP) is 4.20. The standard InChI is InChI=1S/C22H24N2O4S2/c23-18-11-9-16(10-12-18)13-24-14-17-5-4-8-20-22(17)21(15-29(20,25)26)30(27,28)19-6-2-1-3-7-19/h1-12,21,24-26H,13-15,23H2. The molecular weight excluding hydrogens is 420 g/mol. The molecule has 0 aliphatic carbocycles. The van der Waals surface area contributed by atoms with Crippen molar-refractivity contribution in [2.75, 3.05) is 11.5 Å². The van der Waals surface area contributed by atoms with Crippen molar-refractivity contribution in [1.82, 2.24) is 5.32 Å². The topological polar surface area (TPSA) is 113 Å². The van der Waals surface area contributed by atoms with Gasteiger partial charge in [0.15, 0.2) is 9.84 Å². The molecule has 5 N–H and O–H groups in total. The second kappa shape index (κ2) is 8.05. The second-order valence-corrected chi connectivity index (χ2v) is 11.6. The van der Waals surface area contributed by atoms with Crippen LogP contribution in [0.25, 0.3) is 0 Å². The fraction of sp³-hybridized carbons (Fsp3) is 0.182. The number of nitrogen functional groups attached to an aromatic ring is 1. The largest absolute Gasteiger partial charge is 0.399 e. The summed E-state index contributed by atoms with van der Waals surface area (Å²) in [6.07, 6.45) is 0. The average molecular weight is 445 g/mol. The summed E-state index contributed by atoms with van der Waals surface area (Å²) < 4.78 is 47.9. The fourth-order valence-electron chi connectivity index (χ4n) is 3.77. The smallest absolute Gasteiger partial charge is 0.187 e. The van der Waals surface area contributed by atoms with E-state index in [-0.39, 0.29) is 10.6 Å². The third kappa shape index (κ3) is 3.97. The number of nitrogens with one attached hydrogen (secondary N) is 1. The lowest BCUT2D eigenvalue weighted by Gasteiger charge is -2.27. The van der Waals surface area contributed by atoms with E-state index >= 15 is 0 Å². The average Bonchev–Trinajstić information content (AvgIpc) is 3.03. The van der Waals surface area contributed by atoms with Gasteiger partial charge in [-0.2, -0.15) is 10.6 Å². The molecular formula is C22H24N2O4S2. The third-order valence-corrected chi connectivity index (χ3v) is 9.44. The van der Waals surface area contributed by atoms with Crippen molar-refractivity contribution < 1.29 is 17.5 Å². The maximum Gasteiger partial charge on any atom is 0.187 e. The molecule has 1 unspecified atom stereocenters. The second-order valence-electron chi connectivity index (χ2n) is 7.35. The van der Waals surface area contributed by atoms with Crippen LogP contribution in [0.4, 0.5) is 5.69 Å². The summed E-state index contributed by atoms with van der Waals surface area (Å²) in [5, 5.41) is 2.33. The zero-order valence-corrected chi connectivity index (χ0v) is 17.9. The Morgan fingerprint density at radius 2 is 1.63 bits per heavy atom. The van der Waals surface area contributed by atoms with E-state index in [4.69, 9.17) is 5.73 Å². The molecule has 1 aliphatic rings. The van der Waals surface area contributed by atoms with Crippen LogP contribution in [0.3, 0.4) is 0 Å². The van der Waals surface area contributed by atoms with Gasteiger partial charge in [0.1, 0.15) is 5.25 Å². The Hall–Kier alpha value is -2.36. The van der Waals surface area contributed by atoms with Crippen molar-refractivity contribution in [2.45, 2.75) is 28.1 Å². The highest BCUT2D eigenvalue weighted by atomic mass is 32.3. The number of sulfone groups is 1. The first-order valence-electron chi connectivity index (χ1n) is 9.51. The molecule has 1 heterocycles. The number of hydrogen-bond donors (Lipinski definition) is 4. The van der Waals surface area contributed by atoms with Gasteiger partial charge in [-0.3, -0.25) is 9.11 Å². The summed E-state index contributed by atoms with van der Waals surface area (Å²) >= 11 is 0. The minimum atomic E-state index is -3.77. The van der Waals surface area contributed by atoms with Crippen LogP contribution >= 0.6 is 10.6 Å². The molecule has 30 heavy (non-hydrogen) atoms. The van der Waals surface area contributed by atoms with Crippen LogP contribution in [0.2, 0.25) is 0 Å². The first-order chi connectivity index (χ1) is 14.3. The molecule has 1 aliphatic heterocycles. The first-order valence-corrected chi connectivity index (χ1v) is 12.8. The molecule has 0 aromatic heterocycles. The van der Waals surface area contributed by atoms with Crippen molar-refractivity contribution in [2.24, 2.45) is 0 Å². The van der Waals surface area contributed by atoms with Crippen LogP contribution in [0.1, 0.15) is 21.9 Å². The van der Waals surface area contributed by atoms with Crippen molar-refractivity contribution >= 4 is 26.1 Å². The summed E-state index contributed by atoms with van der Waals surface area (Å²) in [6.45, 7) is 0.986. The van der Waals surface area contributed by atoms with Gasteiger partial charge in [0.2, 0.25) is 0 Å². The normalized spacial score (nSPS) is 18.7. The minimum absolute atomic E-state index is 0.183. The van der Waals surface area contributed by atoms with E-state index in [2.05, 4.69) is 5.32 Å². The molecule has 0 bridgehead atoms. The van der Waals surface area contributed by atoms with Gasteiger partial charge in [-0.1, -0.05) is 42.5 Å². The summed E-state index contributed by atoms with van der Waals surface area (Å²) in [6, 6.07) is 20.9. The van der Waals surface area contributed by atoms with Gasteiger partial charge in [-0.25, -0.2) is 8.42 Å². The first kappa shape index (κ1) is 20.9. The molecule has 6 nitrogen and oxygen atoms in total. The van der Waals surface area contributed by atoms with E-state index < -0.39 is 25.7 Å². The Balaban J connectivity index is 1.65. The Morgan fingerprint density at radius 1 is 0.933 bits per heavy atom. The maximum absolute atomic E-state index is 13.3. The van der Waals surface area contributed by atoms with E-state index in [1.54, 1.807) is 42.5 Å². The molecule has 8 heteroatoms. The highest BCUT2D eigenvalue weighted by Crippen LogP contribution is 2.62. The molecule has 4 rings (SSSR count). The predicted molar refractivity (Wildman–Crippen MR) is 120 cm³/mol. The lowest BCUT2D eigenvalue weighted by atomic mass is 10.0. The van der Waals surface area contributed by atoms with Crippen LogP contribution in [0.5, 0.6) is 0 Å². The molecule has 0 saturated carbocycles. The number of rotatable bonds is 6. The van der Waals surface area contributed by atoms with Gasteiger partial charge < -0.3 is 11.1 Å². The van der Waals surface area contributed by atoms with Gasteiger partial charge in [0.25, 0.3) is 0 Å². The number of nitrogens with two attached hydrogens (primary N) is 1. The van der Waals surface area contributed by atoms with Gasteiger partial charge in [-0.05, 0) is 47.0 Å². The Morgan fingerprint density at radius 3 is 2.33 bits per heavy atom. The molecule has 158 valence electrons. The summed E-state index contributed by atoms with van der Waals surface area (Å²) in [4.78, 5) is 0.515. The molecule has 0 saturated heterocycles.